The lowest BCUT2D eigenvalue weighted by Gasteiger charge is -2.49. The number of ether oxygens (including phenoxy) is 2. The summed E-state index contributed by atoms with van der Waals surface area (Å²) >= 11 is 2.56. The first kappa shape index (κ1) is 31.4. The zero-order valence-corrected chi connectivity index (χ0v) is 24.7. The van der Waals surface area contributed by atoms with Crippen LogP contribution in [0.4, 0.5) is 5.13 Å². The van der Waals surface area contributed by atoms with Crippen molar-refractivity contribution >= 4 is 57.7 Å². The van der Waals surface area contributed by atoms with Gasteiger partial charge in [-0.05, 0) is 32.3 Å². The van der Waals surface area contributed by atoms with Crippen molar-refractivity contribution in [2.24, 2.45) is 5.16 Å². The highest BCUT2D eigenvalue weighted by atomic mass is 32.2. The Hall–Kier alpha value is -3.13. The number of nitrogens with two attached hydrogens (primary N) is 1. The molecule has 3 atom stereocenters. The molecule has 40 heavy (non-hydrogen) atoms. The van der Waals surface area contributed by atoms with Crippen molar-refractivity contribution < 1.29 is 33.5 Å². The number of oxime groups is 1. The second-order valence-electron chi connectivity index (χ2n) is 9.37. The average molecular weight is 596 g/mol. The van der Waals surface area contributed by atoms with E-state index in [4.69, 9.17) is 20.0 Å². The topological polar surface area (TPSA) is 163 Å². The van der Waals surface area contributed by atoms with Gasteiger partial charge in [0.15, 0.2) is 10.8 Å². The van der Waals surface area contributed by atoms with Gasteiger partial charge >= 0.3 is 11.9 Å². The summed E-state index contributed by atoms with van der Waals surface area (Å²) in [4.78, 5) is 61.6. The van der Waals surface area contributed by atoms with E-state index in [1.165, 1.54) is 16.7 Å². The molecule has 2 amide bonds. The SMILES string of the molecule is CCCCCCO/N=C(\C(=O)NC1C(=O)N2C(C(=O)OCOC(=O)CCCCC)=CC(C)S[C@H]12)c1csc(N)n1. The minimum absolute atomic E-state index is 0.0466. The Bertz CT molecular complexity index is 1120. The van der Waals surface area contributed by atoms with Crippen molar-refractivity contribution in [2.45, 2.75) is 88.8 Å². The molecule has 3 heterocycles. The quantitative estimate of drug-likeness (QED) is 0.0724. The Morgan fingerprint density at radius 3 is 2.58 bits per heavy atom. The van der Waals surface area contributed by atoms with Gasteiger partial charge in [0, 0.05) is 17.1 Å². The Balaban J connectivity index is 1.60. The Labute approximate surface area is 242 Å². The molecule has 14 heteroatoms. The Morgan fingerprint density at radius 1 is 1.12 bits per heavy atom. The molecular weight excluding hydrogens is 558 g/mol. The van der Waals surface area contributed by atoms with Gasteiger partial charge < -0.3 is 25.4 Å². The van der Waals surface area contributed by atoms with E-state index in [0.717, 1.165) is 49.9 Å². The van der Waals surface area contributed by atoms with E-state index >= 15 is 0 Å². The molecule has 0 aromatic carbocycles. The summed E-state index contributed by atoms with van der Waals surface area (Å²) in [6.07, 6.45) is 8.38. The molecule has 2 aliphatic rings. The molecule has 1 aromatic heterocycles. The lowest BCUT2D eigenvalue weighted by molar-refractivity contribution is -0.168. The average Bonchev–Trinajstić information content (AvgIpc) is 3.36. The number of nitrogens with one attached hydrogen (secondary N) is 1. The third kappa shape index (κ3) is 8.43. The number of amides is 2. The number of rotatable bonds is 16. The highest BCUT2D eigenvalue weighted by Gasteiger charge is 2.54. The zero-order chi connectivity index (χ0) is 29.1. The smallest absolute Gasteiger partial charge is 0.357 e. The number of hydrogen-bond donors (Lipinski definition) is 2. The molecule has 1 aromatic rings. The highest BCUT2D eigenvalue weighted by molar-refractivity contribution is 8.00. The third-order valence-electron chi connectivity index (χ3n) is 6.16. The molecule has 1 fully saturated rings. The van der Waals surface area contributed by atoms with Gasteiger partial charge in [-0.3, -0.25) is 19.3 Å². The number of nitrogens with zero attached hydrogens (tertiary/aromatic N) is 3. The number of hydrogen-bond acceptors (Lipinski definition) is 12. The molecule has 2 unspecified atom stereocenters. The van der Waals surface area contributed by atoms with Crippen molar-refractivity contribution in [3.63, 3.8) is 0 Å². The summed E-state index contributed by atoms with van der Waals surface area (Å²) in [5.74, 6) is -2.35. The lowest BCUT2D eigenvalue weighted by atomic mass is 10.0. The number of anilines is 1. The van der Waals surface area contributed by atoms with Crippen LogP contribution in [0.2, 0.25) is 0 Å². The molecule has 2 aliphatic heterocycles. The van der Waals surface area contributed by atoms with Crippen LogP contribution in [-0.4, -0.2) is 69.4 Å². The number of β-lactam (4-membered cyclic amide) rings is 1. The fraction of sp³-hybridized carbons (Fsp3) is 0.615. The third-order valence-corrected chi connectivity index (χ3v) is 8.17. The normalized spacial score (nSPS) is 20.2. The van der Waals surface area contributed by atoms with Crippen LogP contribution in [0, 0.1) is 0 Å². The van der Waals surface area contributed by atoms with Crippen molar-refractivity contribution in [2.75, 3.05) is 19.1 Å². The van der Waals surface area contributed by atoms with Gasteiger partial charge in [0.2, 0.25) is 6.79 Å². The van der Waals surface area contributed by atoms with Crippen LogP contribution in [0.1, 0.15) is 77.8 Å². The molecular formula is C26H37N5O7S2. The number of esters is 2. The van der Waals surface area contributed by atoms with Crippen LogP contribution < -0.4 is 11.1 Å². The number of carbonyl (C=O) groups excluding carboxylic acids is 4. The van der Waals surface area contributed by atoms with Gasteiger partial charge in [0.1, 0.15) is 29.4 Å². The molecule has 220 valence electrons. The predicted octanol–water partition coefficient (Wildman–Crippen LogP) is 3.32. The van der Waals surface area contributed by atoms with Gasteiger partial charge in [0.25, 0.3) is 11.8 Å². The minimum atomic E-state index is -0.904. The van der Waals surface area contributed by atoms with Gasteiger partial charge in [-0.1, -0.05) is 44.7 Å². The van der Waals surface area contributed by atoms with E-state index in [1.54, 1.807) is 11.5 Å². The number of nitrogen functional groups attached to an aromatic ring is 1. The number of thiazole rings is 1. The summed E-state index contributed by atoms with van der Waals surface area (Å²) in [5.41, 5.74) is 5.96. The van der Waals surface area contributed by atoms with Gasteiger partial charge in [-0.25, -0.2) is 9.78 Å². The number of carbonyl (C=O) groups is 4. The van der Waals surface area contributed by atoms with Crippen LogP contribution in [0.25, 0.3) is 0 Å². The summed E-state index contributed by atoms with van der Waals surface area (Å²) in [5, 5.41) is 7.89. The van der Waals surface area contributed by atoms with Crippen molar-refractivity contribution in [3.8, 4) is 0 Å². The monoisotopic (exact) mass is 595 g/mol. The maximum absolute atomic E-state index is 13.2. The maximum atomic E-state index is 13.2. The van der Waals surface area contributed by atoms with Crippen molar-refractivity contribution in [1.29, 1.82) is 0 Å². The molecule has 0 spiro atoms. The summed E-state index contributed by atoms with van der Waals surface area (Å²) in [7, 11) is 0. The molecule has 0 bridgehead atoms. The van der Waals surface area contributed by atoms with Crippen LogP contribution in [0.15, 0.2) is 22.3 Å². The minimum Gasteiger partial charge on any atom is -0.428 e. The molecule has 1 saturated heterocycles. The molecule has 12 nitrogen and oxygen atoms in total. The van der Waals surface area contributed by atoms with Gasteiger partial charge in [0.05, 0.1) is 0 Å². The fourth-order valence-corrected chi connectivity index (χ4v) is 5.92. The fourth-order valence-electron chi connectivity index (χ4n) is 4.05. The van der Waals surface area contributed by atoms with Crippen LogP contribution in [0.5, 0.6) is 0 Å². The summed E-state index contributed by atoms with van der Waals surface area (Å²) in [6.45, 7) is 5.80. The van der Waals surface area contributed by atoms with E-state index in [0.29, 0.717) is 13.0 Å². The number of unbranched alkanes of at least 4 members (excludes halogenated alkanes) is 5. The van der Waals surface area contributed by atoms with E-state index < -0.39 is 42.0 Å². The number of thioether (sulfide) groups is 1. The standard InChI is InChI=1S/C26H37N5O7S2/c1-4-6-8-10-12-38-30-20(17-14-39-26(27)28-17)22(33)29-21-23(34)31-18(13-16(3)40-24(21)31)25(35)37-15-36-19(32)11-9-7-5-2/h13-14,16,21,24H,4-12,15H2,1-3H3,(H2,27,28)(H,29,33)/b30-20-/t16?,21?,24-/m1/s1. The molecule has 3 N–H and O–H groups in total. The zero-order valence-electron chi connectivity index (χ0n) is 23.1. The lowest BCUT2D eigenvalue weighted by Crippen LogP contribution is -2.71. The second-order valence-corrected chi connectivity index (χ2v) is 11.8. The first-order chi connectivity index (χ1) is 19.3. The Kier molecular flexibility index (Phi) is 12.2. The summed E-state index contributed by atoms with van der Waals surface area (Å²) in [6, 6.07) is -0.904. The van der Waals surface area contributed by atoms with E-state index in [9.17, 15) is 19.2 Å². The second kappa shape index (κ2) is 15.6. The highest BCUT2D eigenvalue weighted by Crippen LogP contribution is 2.41. The molecule has 0 aliphatic carbocycles. The maximum Gasteiger partial charge on any atom is 0.357 e. The first-order valence-electron chi connectivity index (χ1n) is 13.5. The van der Waals surface area contributed by atoms with E-state index in [1.807, 2.05) is 13.8 Å². The molecule has 3 rings (SSSR count). The molecule has 0 saturated carbocycles. The van der Waals surface area contributed by atoms with Crippen molar-refractivity contribution in [1.82, 2.24) is 15.2 Å². The van der Waals surface area contributed by atoms with E-state index in [-0.39, 0.29) is 33.9 Å². The van der Waals surface area contributed by atoms with Crippen LogP contribution in [-0.2, 0) is 33.5 Å². The number of aromatic nitrogens is 1. The van der Waals surface area contributed by atoms with Crippen LogP contribution >= 0.6 is 23.1 Å². The van der Waals surface area contributed by atoms with Gasteiger partial charge in [-0.2, -0.15) is 0 Å². The van der Waals surface area contributed by atoms with Gasteiger partial charge in [-0.15, -0.1) is 23.1 Å². The Morgan fingerprint density at radius 2 is 1.88 bits per heavy atom. The summed E-state index contributed by atoms with van der Waals surface area (Å²) < 4.78 is 10.1. The molecule has 0 radical (unpaired) electrons. The number of fused-ring (bicyclic) bond motifs is 1. The predicted molar refractivity (Wildman–Crippen MR) is 152 cm³/mol. The van der Waals surface area contributed by atoms with E-state index in [2.05, 4.69) is 22.4 Å². The van der Waals surface area contributed by atoms with Crippen LogP contribution in [0.3, 0.4) is 0 Å². The largest absolute Gasteiger partial charge is 0.428 e. The van der Waals surface area contributed by atoms with Crippen molar-refractivity contribution in [3.05, 3.63) is 22.8 Å². The first-order valence-corrected chi connectivity index (χ1v) is 15.3.